The van der Waals surface area contributed by atoms with Gasteiger partial charge in [-0.3, -0.25) is 0 Å². The van der Waals surface area contributed by atoms with Crippen molar-refractivity contribution in [2.24, 2.45) is 0 Å². The molecule has 0 atom stereocenters. The lowest BCUT2D eigenvalue weighted by Crippen LogP contribution is -2.35. The molecule has 22 heavy (non-hydrogen) atoms. The van der Waals surface area contributed by atoms with Gasteiger partial charge in [-0.2, -0.15) is 0 Å². The zero-order valence-corrected chi connectivity index (χ0v) is 13.9. The monoisotopic (exact) mass is 384 g/mol. The van der Waals surface area contributed by atoms with Crippen LogP contribution in [0.4, 0.5) is 14.9 Å². The molecule has 2 aromatic rings. The number of thiol groups is 1. The van der Waals surface area contributed by atoms with Crippen molar-refractivity contribution in [2.75, 3.05) is 10.8 Å². The number of phenols is 1. The maximum Gasteiger partial charge on any atom is 0.332 e. The molecule has 0 radical (unpaired) electrons. The van der Waals surface area contributed by atoms with Crippen LogP contribution >= 0.6 is 28.7 Å². The molecule has 0 aliphatic heterocycles. The normalized spacial score (nSPS) is 10.3. The summed E-state index contributed by atoms with van der Waals surface area (Å²) in [6, 6.07) is 11.6. The molecular formula is C15H14BrFN2O2S. The molecule has 2 amide bonds. The van der Waals surface area contributed by atoms with Crippen LogP contribution in [0.15, 0.2) is 46.9 Å². The number of hydrogen-bond donors (Lipinski definition) is 3. The van der Waals surface area contributed by atoms with Crippen molar-refractivity contribution in [3.8, 4) is 5.75 Å². The third-order valence-corrected chi connectivity index (χ3v) is 3.82. The second kappa shape index (κ2) is 7.51. The average molecular weight is 385 g/mol. The number of nitrogens with zero attached hydrogens (tertiary/aromatic N) is 1. The highest BCUT2D eigenvalue weighted by atomic mass is 79.9. The maximum absolute atomic E-state index is 13.5. The molecule has 0 aliphatic rings. The predicted octanol–water partition coefficient (Wildman–Crippen LogP) is 3.90. The lowest BCUT2D eigenvalue weighted by atomic mass is 10.1. The minimum atomic E-state index is -0.833. The number of rotatable bonds is 4. The van der Waals surface area contributed by atoms with E-state index in [1.165, 1.54) is 6.07 Å². The Labute approximate surface area is 141 Å². The summed E-state index contributed by atoms with van der Waals surface area (Å²) in [4.78, 5) is 12.0. The van der Waals surface area contributed by atoms with Gasteiger partial charge in [0.2, 0.25) is 0 Å². The lowest BCUT2D eigenvalue weighted by molar-refractivity contribution is 0.250. The number of phenolic OH excluding ortho intramolecular Hbond substituents is 1. The molecule has 0 saturated carbocycles. The van der Waals surface area contributed by atoms with Crippen LogP contribution < -0.4 is 9.62 Å². The Hall–Kier alpha value is -1.73. The van der Waals surface area contributed by atoms with E-state index in [-0.39, 0.29) is 5.69 Å². The molecule has 0 aliphatic carbocycles. The van der Waals surface area contributed by atoms with E-state index in [1.54, 1.807) is 0 Å². The topological polar surface area (TPSA) is 52.6 Å². The first kappa shape index (κ1) is 16.6. The number of carbonyl (C=O) groups is 1. The van der Waals surface area contributed by atoms with Gasteiger partial charge in [-0.15, -0.1) is 0 Å². The number of aromatic hydroxyl groups is 1. The van der Waals surface area contributed by atoms with E-state index in [1.807, 2.05) is 30.3 Å². The zero-order chi connectivity index (χ0) is 16.1. The standard InChI is InChI=1S/C15H14BrFN2O2S/c16-11-8-12(17)14(20)13(9-11)19(22)15(21)18-7-6-10-4-2-1-3-5-10/h1-5,8-9,20,22H,6-7H2,(H,18,21). The van der Waals surface area contributed by atoms with Crippen molar-refractivity contribution in [2.45, 2.75) is 6.42 Å². The number of urea groups is 1. The molecule has 4 nitrogen and oxygen atoms in total. The van der Waals surface area contributed by atoms with E-state index in [4.69, 9.17) is 0 Å². The van der Waals surface area contributed by atoms with Crippen LogP contribution in [0.3, 0.4) is 0 Å². The van der Waals surface area contributed by atoms with Crippen LogP contribution in [0.2, 0.25) is 0 Å². The Kier molecular flexibility index (Phi) is 5.68. The number of halogens is 2. The first-order chi connectivity index (χ1) is 10.5. The fourth-order valence-corrected chi connectivity index (χ4v) is 2.50. The summed E-state index contributed by atoms with van der Waals surface area (Å²) in [6.45, 7) is 0.400. The Morgan fingerprint density at radius 3 is 2.68 bits per heavy atom. The summed E-state index contributed by atoms with van der Waals surface area (Å²) >= 11 is 7.12. The van der Waals surface area contributed by atoms with Crippen LogP contribution in [0.1, 0.15) is 5.56 Å². The van der Waals surface area contributed by atoms with Gasteiger partial charge in [-0.25, -0.2) is 13.5 Å². The number of anilines is 1. The van der Waals surface area contributed by atoms with E-state index in [9.17, 15) is 14.3 Å². The van der Waals surface area contributed by atoms with Gasteiger partial charge < -0.3 is 10.4 Å². The third-order valence-electron chi connectivity index (χ3n) is 2.96. The Balaban J connectivity index is 1.98. The first-order valence-corrected chi connectivity index (χ1v) is 7.67. The van der Waals surface area contributed by atoms with Crippen LogP contribution in [0.5, 0.6) is 5.75 Å². The van der Waals surface area contributed by atoms with Gasteiger partial charge >= 0.3 is 6.03 Å². The lowest BCUT2D eigenvalue weighted by Gasteiger charge is -2.18. The van der Waals surface area contributed by atoms with E-state index < -0.39 is 17.6 Å². The second-order valence-electron chi connectivity index (χ2n) is 4.53. The summed E-state index contributed by atoms with van der Waals surface area (Å²) in [6.07, 6.45) is 0.660. The fourth-order valence-electron chi connectivity index (χ4n) is 1.86. The summed E-state index contributed by atoms with van der Waals surface area (Å²) in [7, 11) is 0. The van der Waals surface area contributed by atoms with Crippen molar-refractivity contribution in [1.29, 1.82) is 0 Å². The molecular weight excluding hydrogens is 371 g/mol. The SMILES string of the molecule is O=C(NCCc1ccccc1)N(S)c1cc(Br)cc(F)c1O. The molecule has 0 fully saturated rings. The van der Waals surface area contributed by atoms with Crippen molar-refractivity contribution >= 4 is 40.5 Å². The molecule has 2 N–H and O–H groups in total. The molecule has 0 unspecified atom stereocenters. The average Bonchev–Trinajstić information content (AvgIpc) is 2.51. The largest absolute Gasteiger partial charge is 0.503 e. The highest BCUT2D eigenvalue weighted by molar-refractivity contribution is 9.10. The first-order valence-electron chi connectivity index (χ1n) is 6.48. The number of nitrogens with one attached hydrogen (secondary N) is 1. The van der Waals surface area contributed by atoms with E-state index >= 15 is 0 Å². The van der Waals surface area contributed by atoms with Gasteiger partial charge in [-0.05, 0) is 24.1 Å². The van der Waals surface area contributed by atoms with E-state index in [0.717, 1.165) is 15.9 Å². The molecule has 0 heterocycles. The molecule has 2 rings (SSSR count). The molecule has 7 heteroatoms. The smallest absolute Gasteiger partial charge is 0.332 e. The zero-order valence-electron chi connectivity index (χ0n) is 11.5. The van der Waals surface area contributed by atoms with E-state index in [2.05, 4.69) is 34.1 Å². The molecule has 0 aromatic heterocycles. The van der Waals surface area contributed by atoms with Crippen molar-refractivity contribution in [1.82, 2.24) is 5.32 Å². The number of hydrogen-bond acceptors (Lipinski definition) is 3. The molecule has 0 spiro atoms. The summed E-state index contributed by atoms with van der Waals surface area (Å²) in [5.41, 5.74) is 1.05. The maximum atomic E-state index is 13.5. The van der Waals surface area contributed by atoms with Crippen LogP contribution in [0.25, 0.3) is 0 Å². The van der Waals surface area contributed by atoms with Gasteiger partial charge in [0.05, 0.1) is 0 Å². The number of amides is 2. The number of carbonyl (C=O) groups excluding carboxylic acids is 1. The van der Waals surface area contributed by atoms with Crippen LogP contribution in [-0.4, -0.2) is 17.7 Å². The molecule has 2 aromatic carbocycles. The predicted molar refractivity (Wildman–Crippen MR) is 90.8 cm³/mol. The van der Waals surface area contributed by atoms with Crippen molar-refractivity contribution in [3.63, 3.8) is 0 Å². The van der Waals surface area contributed by atoms with Gasteiger partial charge in [0, 0.05) is 11.0 Å². The quantitative estimate of drug-likeness (QED) is 0.700. The van der Waals surface area contributed by atoms with Crippen LogP contribution in [0, 0.1) is 5.82 Å². The minimum absolute atomic E-state index is 0.0348. The Morgan fingerprint density at radius 2 is 2.00 bits per heavy atom. The highest BCUT2D eigenvalue weighted by Gasteiger charge is 2.18. The Morgan fingerprint density at radius 1 is 1.32 bits per heavy atom. The molecule has 116 valence electrons. The third kappa shape index (κ3) is 4.14. The van der Waals surface area contributed by atoms with Gasteiger partial charge in [-0.1, -0.05) is 59.1 Å². The molecule has 0 saturated heterocycles. The van der Waals surface area contributed by atoms with Gasteiger partial charge in [0.15, 0.2) is 11.6 Å². The van der Waals surface area contributed by atoms with Crippen molar-refractivity contribution in [3.05, 3.63) is 58.3 Å². The minimum Gasteiger partial charge on any atom is -0.503 e. The summed E-state index contributed by atoms with van der Waals surface area (Å²) in [5, 5.41) is 12.3. The number of benzene rings is 2. The Bertz CT molecular complexity index is 670. The van der Waals surface area contributed by atoms with Crippen LogP contribution in [-0.2, 0) is 6.42 Å². The van der Waals surface area contributed by atoms with Gasteiger partial charge in [0.1, 0.15) is 5.69 Å². The highest BCUT2D eigenvalue weighted by Crippen LogP contribution is 2.34. The summed E-state index contributed by atoms with van der Waals surface area (Å²) in [5.74, 6) is -1.46. The summed E-state index contributed by atoms with van der Waals surface area (Å²) < 4.78 is 14.7. The molecule has 0 bridgehead atoms. The second-order valence-corrected chi connectivity index (χ2v) is 5.85. The van der Waals surface area contributed by atoms with Crippen molar-refractivity contribution < 1.29 is 14.3 Å². The van der Waals surface area contributed by atoms with E-state index in [0.29, 0.717) is 17.4 Å². The fraction of sp³-hybridized carbons (Fsp3) is 0.133. The van der Waals surface area contributed by atoms with Gasteiger partial charge in [0.25, 0.3) is 0 Å².